The van der Waals surface area contributed by atoms with Crippen LogP contribution in [-0.2, 0) is 20.7 Å². The van der Waals surface area contributed by atoms with E-state index in [1.807, 2.05) is 4.90 Å². The topological polar surface area (TPSA) is 61.9 Å². The number of likely N-dealkylation sites (tertiary alicyclic amines) is 2. The lowest BCUT2D eigenvalue weighted by Crippen LogP contribution is -2.50. The fraction of sp³-hybridized carbons (Fsp3) is 0.667. The molecule has 2 saturated heterocycles. The van der Waals surface area contributed by atoms with E-state index in [0.29, 0.717) is 6.04 Å². The SMILES string of the molecule is COCC(=O)N1CCC(N2CCC(C(=O)NC3CCCc4ccccc43)CC2)CC1. The van der Waals surface area contributed by atoms with E-state index in [4.69, 9.17) is 4.74 Å². The summed E-state index contributed by atoms with van der Waals surface area (Å²) in [4.78, 5) is 29.4. The van der Waals surface area contributed by atoms with E-state index < -0.39 is 0 Å². The van der Waals surface area contributed by atoms with Gasteiger partial charge in [-0.05, 0) is 69.2 Å². The summed E-state index contributed by atoms with van der Waals surface area (Å²) in [5, 5.41) is 3.36. The zero-order chi connectivity index (χ0) is 20.9. The average molecular weight is 414 g/mol. The van der Waals surface area contributed by atoms with Gasteiger partial charge in [-0.1, -0.05) is 24.3 Å². The van der Waals surface area contributed by atoms with Crippen molar-refractivity contribution < 1.29 is 14.3 Å². The zero-order valence-corrected chi connectivity index (χ0v) is 18.1. The number of fused-ring (bicyclic) bond motifs is 1. The second-order valence-electron chi connectivity index (χ2n) is 9.01. The molecule has 2 heterocycles. The highest BCUT2D eigenvalue weighted by molar-refractivity contribution is 5.79. The lowest BCUT2D eigenvalue weighted by molar-refractivity contribution is -0.137. The summed E-state index contributed by atoms with van der Waals surface area (Å²) in [6.45, 7) is 3.77. The van der Waals surface area contributed by atoms with Crippen molar-refractivity contribution in [2.24, 2.45) is 5.92 Å². The number of methoxy groups -OCH3 is 1. The van der Waals surface area contributed by atoms with Crippen LogP contribution in [0.1, 0.15) is 55.7 Å². The van der Waals surface area contributed by atoms with Gasteiger partial charge in [-0.25, -0.2) is 0 Å². The molecule has 6 heteroatoms. The van der Waals surface area contributed by atoms with Crippen molar-refractivity contribution >= 4 is 11.8 Å². The lowest BCUT2D eigenvalue weighted by Gasteiger charge is -2.41. The van der Waals surface area contributed by atoms with E-state index in [1.165, 1.54) is 11.1 Å². The van der Waals surface area contributed by atoms with Gasteiger partial charge in [-0.2, -0.15) is 0 Å². The number of piperidine rings is 2. The van der Waals surface area contributed by atoms with Gasteiger partial charge in [-0.3, -0.25) is 9.59 Å². The summed E-state index contributed by atoms with van der Waals surface area (Å²) in [6, 6.07) is 9.25. The molecule has 1 aromatic rings. The maximum absolute atomic E-state index is 13.0. The third kappa shape index (κ3) is 4.86. The Hall–Kier alpha value is -1.92. The molecule has 3 aliphatic rings. The summed E-state index contributed by atoms with van der Waals surface area (Å²) < 4.78 is 4.97. The highest BCUT2D eigenvalue weighted by Gasteiger charge is 2.32. The van der Waals surface area contributed by atoms with E-state index >= 15 is 0 Å². The number of hydrogen-bond acceptors (Lipinski definition) is 4. The van der Waals surface area contributed by atoms with Crippen molar-refractivity contribution in [2.45, 2.75) is 57.0 Å². The van der Waals surface area contributed by atoms with Gasteiger partial charge in [0, 0.05) is 32.2 Å². The Kier molecular flexibility index (Phi) is 7.05. The third-order valence-corrected chi connectivity index (χ3v) is 7.19. The lowest BCUT2D eigenvalue weighted by atomic mass is 9.86. The Bertz CT molecular complexity index is 737. The van der Waals surface area contributed by atoms with Crippen LogP contribution in [0.5, 0.6) is 0 Å². The van der Waals surface area contributed by atoms with Gasteiger partial charge >= 0.3 is 0 Å². The summed E-state index contributed by atoms with van der Waals surface area (Å²) in [6.07, 6.45) is 7.22. The number of amides is 2. The molecule has 2 aliphatic heterocycles. The van der Waals surface area contributed by atoms with Gasteiger partial charge < -0.3 is 19.9 Å². The Labute approximate surface area is 179 Å². The van der Waals surface area contributed by atoms with Crippen LogP contribution < -0.4 is 5.32 Å². The Balaban J connectivity index is 1.23. The second kappa shape index (κ2) is 9.92. The second-order valence-corrected chi connectivity index (χ2v) is 9.01. The number of nitrogens with zero attached hydrogens (tertiary/aromatic N) is 2. The van der Waals surface area contributed by atoms with Gasteiger partial charge in [0.1, 0.15) is 6.61 Å². The first kappa shape index (κ1) is 21.3. The van der Waals surface area contributed by atoms with E-state index in [9.17, 15) is 9.59 Å². The van der Waals surface area contributed by atoms with E-state index in [2.05, 4.69) is 34.5 Å². The van der Waals surface area contributed by atoms with E-state index in [-0.39, 0.29) is 30.4 Å². The number of aryl methyl sites for hydroxylation is 1. The van der Waals surface area contributed by atoms with Crippen LogP contribution in [0.15, 0.2) is 24.3 Å². The minimum absolute atomic E-state index is 0.0932. The van der Waals surface area contributed by atoms with Crippen molar-refractivity contribution in [1.29, 1.82) is 0 Å². The molecule has 0 bridgehead atoms. The van der Waals surface area contributed by atoms with Gasteiger partial charge in [0.05, 0.1) is 6.04 Å². The third-order valence-electron chi connectivity index (χ3n) is 7.19. The zero-order valence-electron chi connectivity index (χ0n) is 18.1. The number of hydrogen-bond donors (Lipinski definition) is 1. The van der Waals surface area contributed by atoms with Gasteiger partial charge in [-0.15, -0.1) is 0 Å². The van der Waals surface area contributed by atoms with Gasteiger partial charge in [0.15, 0.2) is 0 Å². The largest absolute Gasteiger partial charge is 0.375 e. The average Bonchev–Trinajstić information content (AvgIpc) is 2.80. The monoisotopic (exact) mass is 413 g/mol. The summed E-state index contributed by atoms with van der Waals surface area (Å²) >= 11 is 0. The summed E-state index contributed by atoms with van der Waals surface area (Å²) in [5.74, 6) is 0.450. The molecule has 0 spiro atoms. The summed E-state index contributed by atoms with van der Waals surface area (Å²) in [7, 11) is 1.57. The van der Waals surface area contributed by atoms with E-state index in [1.54, 1.807) is 7.11 Å². The molecule has 1 unspecified atom stereocenters. The van der Waals surface area contributed by atoms with Gasteiger partial charge in [0.2, 0.25) is 11.8 Å². The highest BCUT2D eigenvalue weighted by atomic mass is 16.5. The van der Waals surface area contributed by atoms with Crippen molar-refractivity contribution in [3.05, 3.63) is 35.4 Å². The van der Waals surface area contributed by atoms with Crippen LogP contribution in [-0.4, -0.2) is 67.6 Å². The number of nitrogens with one attached hydrogen (secondary N) is 1. The molecule has 1 N–H and O–H groups in total. The first-order valence-electron chi connectivity index (χ1n) is 11.5. The standard InChI is InChI=1S/C24H35N3O3/c1-30-17-23(28)27-15-11-20(12-16-27)26-13-9-19(10-14-26)24(29)25-22-8-4-6-18-5-2-3-7-21(18)22/h2-3,5,7,19-20,22H,4,6,8-17H2,1H3,(H,25,29). The number of carbonyl (C=O) groups excluding carboxylic acids is 2. The maximum atomic E-state index is 13.0. The molecule has 1 atom stereocenters. The fourth-order valence-electron chi connectivity index (χ4n) is 5.42. The number of ether oxygens (including phenoxy) is 1. The molecular formula is C24H35N3O3. The Morgan fingerprint density at radius 2 is 1.77 bits per heavy atom. The highest BCUT2D eigenvalue weighted by Crippen LogP contribution is 2.31. The van der Waals surface area contributed by atoms with Crippen LogP contribution in [0.3, 0.4) is 0 Å². The predicted molar refractivity (Wildman–Crippen MR) is 116 cm³/mol. The molecule has 2 amide bonds. The van der Waals surface area contributed by atoms with Crippen LogP contribution in [0.4, 0.5) is 0 Å². The maximum Gasteiger partial charge on any atom is 0.248 e. The molecule has 0 radical (unpaired) electrons. The quantitative estimate of drug-likeness (QED) is 0.806. The smallest absolute Gasteiger partial charge is 0.248 e. The molecule has 0 aromatic heterocycles. The molecular weight excluding hydrogens is 378 g/mol. The predicted octanol–water partition coefficient (Wildman–Crippen LogP) is 2.53. The first-order valence-corrected chi connectivity index (χ1v) is 11.5. The van der Waals surface area contributed by atoms with Gasteiger partial charge in [0.25, 0.3) is 0 Å². The molecule has 30 heavy (non-hydrogen) atoms. The first-order chi connectivity index (χ1) is 14.7. The van der Waals surface area contributed by atoms with Crippen molar-refractivity contribution in [2.75, 3.05) is 39.9 Å². The molecule has 164 valence electrons. The molecule has 4 rings (SSSR count). The Morgan fingerprint density at radius 3 is 2.50 bits per heavy atom. The van der Waals surface area contributed by atoms with Crippen molar-refractivity contribution in [1.82, 2.24) is 15.1 Å². The number of benzene rings is 1. The van der Waals surface area contributed by atoms with Crippen molar-refractivity contribution in [3.63, 3.8) is 0 Å². The fourth-order valence-corrected chi connectivity index (χ4v) is 5.42. The number of carbonyl (C=O) groups is 2. The van der Waals surface area contributed by atoms with Crippen molar-refractivity contribution in [3.8, 4) is 0 Å². The molecule has 2 fully saturated rings. The number of rotatable bonds is 5. The van der Waals surface area contributed by atoms with Crippen LogP contribution >= 0.6 is 0 Å². The molecule has 0 saturated carbocycles. The van der Waals surface area contributed by atoms with Crippen LogP contribution in [0.25, 0.3) is 0 Å². The van der Waals surface area contributed by atoms with E-state index in [0.717, 1.165) is 71.1 Å². The minimum atomic E-state index is 0.0932. The normalized spacial score (nSPS) is 23.8. The Morgan fingerprint density at radius 1 is 1.03 bits per heavy atom. The summed E-state index contributed by atoms with van der Waals surface area (Å²) in [5.41, 5.74) is 2.70. The minimum Gasteiger partial charge on any atom is -0.375 e. The molecule has 6 nitrogen and oxygen atoms in total. The molecule has 1 aliphatic carbocycles. The molecule has 1 aromatic carbocycles. The van der Waals surface area contributed by atoms with Crippen LogP contribution in [0.2, 0.25) is 0 Å². The van der Waals surface area contributed by atoms with Crippen LogP contribution in [0, 0.1) is 5.92 Å².